The molecule has 1 atom stereocenters. The number of unbranched alkanes of at least 4 members (excludes halogenated alkanes) is 1. The Labute approximate surface area is 164 Å². The Balaban J connectivity index is 1.40. The van der Waals surface area contributed by atoms with E-state index in [-0.39, 0.29) is 11.6 Å². The number of ether oxygens (including phenoxy) is 1. The minimum Gasteiger partial charge on any atom is -0.377 e. The Morgan fingerprint density at radius 1 is 1.39 bits per heavy atom. The Kier molecular flexibility index (Phi) is 7.18. The van der Waals surface area contributed by atoms with Crippen molar-refractivity contribution in [3.05, 3.63) is 46.4 Å². The maximum absolute atomic E-state index is 11.7. The molecular formula is C19H29N7O2. The number of aromatic nitrogens is 4. The Morgan fingerprint density at radius 3 is 3.07 bits per heavy atom. The molecule has 0 bridgehead atoms. The standard InChI is InChI=1S/C19H29N7O2/c1-20-19(21-10-4-6-12-25-11-5-3-7-18(25)27)22-15-8-9-17-23-16(14-28-2)24-26(17)13-15/h3,5,7,11,15H,4,6,8-10,12-14H2,1-2H3,(H2,20,21,22). The van der Waals surface area contributed by atoms with Gasteiger partial charge in [0.2, 0.25) is 5.56 Å². The number of aliphatic imine (C=N–C) groups is 1. The molecule has 2 N–H and O–H groups in total. The van der Waals surface area contributed by atoms with Crippen LogP contribution in [-0.2, 0) is 30.9 Å². The van der Waals surface area contributed by atoms with E-state index in [4.69, 9.17) is 4.74 Å². The van der Waals surface area contributed by atoms with Crippen LogP contribution in [0.5, 0.6) is 0 Å². The molecule has 0 aromatic carbocycles. The smallest absolute Gasteiger partial charge is 0.250 e. The van der Waals surface area contributed by atoms with E-state index in [0.29, 0.717) is 6.61 Å². The minimum absolute atomic E-state index is 0.0476. The number of methoxy groups -OCH3 is 1. The van der Waals surface area contributed by atoms with Gasteiger partial charge in [0.15, 0.2) is 11.8 Å². The van der Waals surface area contributed by atoms with Gasteiger partial charge in [0.05, 0.1) is 6.54 Å². The summed E-state index contributed by atoms with van der Waals surface area (Å²) in [5.41, 5.74) is 0.0476. The molecule has 3 heterocycles. The largest absolute Gasteiger partial charge is 0.377 e. The van der Waals surface area contributed by atoms with Gasteiger partial charge >= 0.3 is 0 Å². The first-order valence-corrected chi connectivity index (χ1v) is 9.74. The van der Waals surface area contributed by atoms with Gasteiger partial charge in [-0.25, -0.2) is 9.67 Å². The van der Waals surface area contributed by atoms with E-state index in [1.54, 1.807) is 30.9 Å². The zero-order valence-electron chi connectivity index (χ0n) is 16.6. The number of hydrogen-bond acceptors (Lipinski definition) is 5. The van der Waals surface area contributed by atoms with Gasteiger partial charge < -0.3 is 19.9 Å². The molecule has 0 radical (unpaired) electrons. The van der Waals surface area contributed by atoms with E-state index in [0.717, 1.165) is 62.9 Å². The van der Waals surface area contributed by atoms with Crippen LogP contribution in [0.3, 0.4) is 0 Å². The molecule has 9 heteroatoms. The summed E-state index contributed by atoms with van der Waals surface area (Å²) in [4.78, 5) is 20.5. The third kappa shape index (κ3) is 5.41. The van der Waals surface area contributed by atoms with Gasteiger partial charge in [-0.15, -0.1) is 0 Å². The lowest BCUT2D eigenvalue weighted by Gasteiger charge is -2.25. The summed E-state index contributed by atoms with van der Waals surface area (Å²) in [5, 5.41) is 11.3. The quantitative estimate of drug-likeness (QED) is 0.390. The summed E-state index contributed by atoms with van der Waals surface area (Å²) < 4.78 is 8.81. The van der Waals surface area contributed by atoms with Crippen LogP contribution in [0.25, 0.3) is 0 Å². The summed E-state index contributed by atoms with van der Waals surface area (Å²) in [7, 11) is 3.43. The van der Waals surface area contributed by atoms with Gasteiger partial charge in [0, 0.05) is 52.0 Å². The fraction of sp³-hybridized carbons (Fsp3) is 0.579. The lowest BCUT2D eigenvalue weighted by Crippen LogP contribution is -2.47. The summed E-state index contributed by atoms with van der Waals surface area (Å²) in [6, 6.07) is 5.50. The molecule has 2 aromatic rings. The average molecular weight is 387 g/mol. The van der Waals surface area contributed by atoms with Crippen LogP contribution in [0.2, 0.25) is 0 Å². The van der Waals surface area contributed by atoms with Gasteiger partial charge in [-0.1, -0.05) is 6.07 Å². The highest BCUT2D eigenvalue weighted by Crippen LogP contribution is 2.13. The maximum Gasteiger partial charge on any atom is 0.250 e. The molecule has 1 aliphatic rings. The van der Waals surface area contributed by atoms with Crippen molar-refractivity contribution in [3.8, 4) is 0 Å². The topological polar surface area (TPSA) is 98.4 Å². The van der Waals surface area contributed by atoms with Crippen LogP contribution in [0.4, 0.5) is 0 Å². The molecule has 0 amide bonds. The third-order valence-corrected chi connectivity index (χ3v) is 4.76. The van der Waals surface area contributed by atoms with E-state index in [1.165, 1.54) is 0 Å². The van der Waals surface area contributed by atoms with Crippen molar-refractivity contribution in [2.45, 2.75) is 51.4 Å². The molecule has 1 aliphatic heterocycles. The Bertz CT molecular complexity index is 843. The number of hydrogen-bond donors (Lipinski definition) is 2. The number of fused-ring (bicyclic) bond motifs is 1. The highest BCUT2D eigenvalue weighted by molar-refractivity contribution is 5.79. The van der Waals surface area contributed by atoms with E-state index in [9.17, 15) is 4.79 Å². The first-order valence-electron chi connectivity index (χ1n) is 9.74. The maximum atomic E-state index is 11.7. The average Bonchev–Trinajstić information content (AvgIpc) is 3.10. The van der Waals surface area contributed by atoms with Crippen molar-refractivity contribution in [2.24, 2.45) is 4.99 Å². The van der Waals surface area contributed by atoms with Crippen molar-refractivity contribution in [3.63, 3.8) is 0 Å². The van der Waals surface area contributed by atoms with E-state index in [1.807, 2.05) is 16.9 Å². The molecule has 3 rings (SSSR count). The number of pyridine rings is 1. The molecule has 28 heavy (non-hydrogen) atoms. The summed E-state index contributed by atoms with van der Waals surface area (Å²) >= 11 is 0. The predicted octanol–water partition coefficient (Wildman–Crippen LogP) is 0.546. The molecule has 1 unspecified atom stereocenters. The molecule has 0 fully saturated rings. The van der Waals surface area contributed by atoms with Gasteiger partial charge in [-0.2, -0.15) is 5.10 Å². The SMILES string of the molecule is CN=C(NCCCCn1ccccc1=O)NC1CCc2nc(COC)nn2C1. The molecule has 0 aliphatic carbocycles. The van der Waals surface area contributed by atoms with E-state index >= 15 is 0 Å². The molecule has 0 spiro atoms. The van der Waals surface area contributed by atoms with E-state index < -0.39 is 0 Å². The fourth-order valence-corrected chi connectivity index (χ4v) is 3.32. The van der Waals surface area contributed by atoms with Crippen molar-refractivity contribution in [2.75, 3.05) is 20.7 Å². The molecule has 0 saturated heterocycles. The zero-order valence-corrected chi connectivity index (χ0v) is 16.6. The van der Waals surface area contributed by atoms with Crippen molar-refractivity contribution < 1.29 is 4.74 Å². The number of nitrogens with one attached hydrogen (secondary N) is 2. The second-order valence-electron chi connectivity index (χ2n) is 6.88. The molecule has 0 saturated carbocycles. The summed E-state index contributed by atoms with van der Waals surface area (Å²) in [6.07, 6.45) is 5.60. The van der Waals surface area contributed by atoms with Crippen LogP contribution in [0.1, 0.15) is 30.9 Å². The molecule has 152 valence electrons. The fourth-order valence-electron chi connectivity index (χ4n) is 3.32. The number of nitrogens with zero attached hydrogens (tertiary/aromatic N) is 5. The molecule has 9 nitrogen and oxygen atoms in total. The number of aryl methyl sites for hydroxylation is 2. The van der Waals surface area contributed by atoms with Crippen molar-refractivity contribution in [1.82, 2.24) is 30.0 Å². The Morgan fingerprint density at radius 2 is 2.29 bits per heavy atom. The van der Waals surface area contributed by atoms with Crippen LogP contribution in [0.15, 0.2) is 34.2 Å². The first kappa shape index (κ1) is 20.1. The van der Waals surface area contributed by atoms with Crippen LogP contribution >= 0.6 is 0 Å². The molecule has 2 aromatic heterocycles. The molecular weight excluding hydrogens is 358 g/mol. The lowest BCUT2D eigenvalue weighted by molar-refractivity contribution is 0.177. The highest BCUT2D eigenvalue weighted by Gasteiger charge is 2.22. The second kappa shape index (κ2) is 10.0. The van der Waals surface area contributed by atoms with Crippen LogP contribution < -0.4 is 16.2 Å². The van der Waals surface area contributed by atoms with Crippen molar-refractivity contribution >= 4 is 5.96 Å². The first-order chi connectivity index (χ1) is 13.7. The summed E-state index contributed by atoms with van der Waals surface area (Å²) in [5.74, 6) is 2.55. The Hall–Kier alpha value is -2.68. The monoisotopic (exact) mass is 387 g/mol. The lowest BCUT2D eigenvalue weighted by atomic mass is 10.1. The van der Waals surface area contributed by atoms with E-state index in [2.05, 4.69) is 25.7 Å². The van der Waals surface area contributed by atoms with Crippen LogP contribution in [-0.4, -0.2) is 52.0 Å². The predicted molar refractivity (Wildman–Crippen MR) is 107 cm³/mol. The highest BCUT2D eigenvalue weighted by atomic mass is 16.5. The van der Waals surface area contributed by atoms with Crippen LogP contribution in [0, 0.1) is 0 Å². The minimum atomic E-state index is 0.0476. The van der Waals surface area contributed by atoms with Gasteiger partial charge in [-0.05, 0) is 25.3 Å². The third-order valence-electron chi connectivity index (χ3n) is 4.76. The number of guanidine groups is 1. The van der Waals surface area contributed by atoms with Gasteiger partial charge in [-0.3, -0.25) is 9.79 Å². The van der Waals surface area contributed by atoms with Gasteiger partial charge in [0.25, 0.3) is 0 Å². The number of rotatable bonds is 8. The second-order valence-corrected chi connectivity index (χ2v) is 6.88. The summed E-state index contributed by atoms with van der Waals surface area (Å²) in [6.45, 7) is 2.75. The van der Waals surface area contributed by atoms with Gasteiger partial charge in [0.1, 0.15) is 12.4 Å². The zero-order chi connectivity index (χ0) is 19.8. The van der Waals surface area contributed by atoms with Crippen molar-refractivity contribution in [1.29, 1.82) is 0 Å². The normalized spacial score (nSPS) is 16.6.